The minimum Gasteiger partial charge on any atom is -0.493 e. The predicted octanol–water partition coefficient (Wildman–Crippen LogP) is 6.34. The highest BCUT2D eigenvalue weighted by atomic mass is 79.9. The van der Waals surface area contributed by atoms with Crippen LogP contribution in [0.15, 0.2) is 45.3 Å². The highest BCUT2D eigenvalue weighted by Crippen LogP contribution is 2.31. The Balaban J connectivity index is 2.32. The second-order valence-electron chi connectivity index (χ2n) is 5.72. The molecule has 128 valence electrons. The van der Waals surface area contributed by atoms with Crippen LogP contribution in [0.5, 0.6) is 11.5 Å². The second kappa shape index (κ2) is 8.67. The molecule has 0 amide bonds. The Bertz CT molecular complexity index is 727. The minimum atomic E-state index is -0.424. The maximum Gasteiger partial charge on any atom is 0.347 e. The summed E-state index contributed by atoms with van der Waals surface area (Å²) >= 11 is 6.85. The fourth-order valence-corrected chi connectivity index (χ4v) is 2.96. The molecule has 2 rings (SSSR count). The summed E-state index contributed by atoms with van der Waals surface area (Å²) in [5.41, 5.74) is 1.39. The van der Waals surface area contributed by atoms with Gasteiger partial charge < -0.3 is 9.47 Å². The van der Waals surface area contributed by atoms with Crippen molar-refractivity contribution in [2.24, 2.45) is 0 Å². The number of hydrogen-bond donors (Lipinski definition) is 0. The third-order valence-corrected chi connectivity index (χ3v) is 4.41. The average Bonchev–Trinajstić information content (AvgIpc) is 2.55. The molecule has 0 spiro atoms. The van der Waals surface area contributed by atoms with Crippen molar-refractivity contribution < 1.29 is 14.3 Å². The van der Waals surface area contributed by atoms with Gasteiger partial charge in [-0.25, -0.2) is 4.79 Å². The Kier molecular flexibility index (Phi) is 6.87. The number of carbonyl (C=O) groups excluding carboxylic acids is 1. The number of carbonyl (C=O) groups is 1. The Hall–Kier alpha value is -1.33. The number of ether oxygens (including phenoxy) is 2. The third-order valence-electron chi connectivity index (χ3n) is 3.42. The van der Waals surface area contributed by atoms with E-state index in [-0.39, 0.29) is 5.92 Å². The van der Waals surface area contributed by atoms with Crippen molar-refractivity contribution in [3.05, 3.63) is 56.5 Å². The summed E-state index contributed by atoms with van der Waals surface area (Å²) in [7, 11) is 0. The van der Waals surface area contributed by atoms with E-state index in [0.717, 1.165) is 20.9 Å². The predicted molar refractivity (Wildman–Crippen MR) is 103 cm³/mol. The molecule has 0 aliphatic heterocycles. The minimum absolute atomic E-state index is 0.239. The first-order chi connectivity index (χ1) is 11.4. The quantitative estimate of drug-likeness (QED) is 0.376. The van der Waals surface area contributed by atoms with E-state index >= 15 is 0 Å². The van der Waals surface area contributed by atoms with Crippen molar-refractivity contribution in [2.45, 2.75) is 33.1 Å². The lowest BCUT2D eigenvalue weighted by molar-refractivity contribution is 0.0728. The van der Waals surface area contributed by atoms with Crippen molar-refractivity contribution in [1.82, 2.24) is 0 Å². The Labute approximate surface area is 159 Å². The number of benzene rings is 2. The summed E-state index contributed by atoms with van der Waals surface area (Å²) in [6.07, 6.45) is 0.870. The third kappa shape index (κ3) is 4.84. The molecule has 3 nitrogen and oxygen atoms in total. The summed E-state index contributed by atoms with van der Waals surface area (Å²) < 4.78 is 13.1. The van der Waals surface area contributed by atoms with E-state index in [1.807, 2.05) is 31.2 Å². The fourth-order valence-electron chi connectivity index (χ4n) is 2.22. The first-order valence-electron chi connectivity index (χ1n) is 7.86. The Morgan fingerprint density at radius 2 is 1.67 bits per heavy atom. The lowest BCUT2D eigenvalue weighted by Gasteiger charge is -2.15. The smallest absolute Gasteiger partial charge is 0.347 e. The molecular weight excluding hydrogens is 436 g/mol. The average molecular weight is 456 g/mol. The highest BCUT2D eigenvalue weighted by Gasteiger charge is 2.18. The molecule has 5 heteroatoms. The lowest BCUT2D eigenvalue weighted by Crippen LogP contribution is -2.12. The SMILES string of the molecule is CCCOc1ccc(Br)cc1C(=O)Oc1ccc(Br)cc1C(C)C. The van der Waals surface area contributed by atoms with E-state index in [1.54, 1.807) is 12.1 Å². The van der Waals surface area contributed by atoms with E-state index in [9.17, 15) is 4.79 Å². The molecule has 0 atom stereocenters. The van der Waals surface area contributed by atoms with E-state index in [1.165, 1.54) is 0 Å². The maximum atomic E-state index is 12.7. The van der Waals surface area contributed by atoms with Crippen LogP contribution >= 0.6 is 31.9 Å². The molecule has 0 bridgehead atoms. The van der Waals surface area contributed by atoms with Gasteiger partial charge in [-0.1, -0.05) is 52.6 Å². The van der Waals surface area contributed by atoms with Crippen molar-refractivity contribution in [1.29, 1.82) is 0 Å². The lowest BCUT2D eigenvalue weighted by atomic mass is 10.0. The number of halogens is 2. The summed E-state index contributed by atoms with van der Waals surface area (Å²) in [5.74, 6) is 0.920. The number of hydrogen-bond acceptors (Lipinski definition) is 3. The molecule has 0 N–H and O–H groups in total. The van der Waals surface area contributed by atoms with Crippen molar-refractivity contribution in [3.63, 3.8) is 0 Å². The zero-order valence-electron chi connectivity index (χ0n) is 13.9. The second-order valence-corrected chi connectivity index (χ2v) is 7.55. The van der Waals surface area contributed by atoms with Gasteiger partial charge in [0.25, 0.3) is 0 Å². The molecule has 0 heterocycles. The van der Waals surface area contributed by atoms with Crippen LogP contribution in [0.4, 0.5) is 0 Å². The molecule has 0 fully saturated rings. The zero-order chi connectivity index (χ0) is 17.7. The molecular formula is C19H20Br2O3. The van der Waals surface area contributed by atoms with E-state index in [4.69, 9.17) is 9.47 Å². The first kappa shape index (κ1) is 19.0. The van der Waals surface area contributed by atoms with Gasteiger partial charge in [-0.2, -0.15) is 0 Å². The van der Waals surface area contributed by atoms with Gasteiger partial charge in [-0.3, -0.25) is 0 Å². The van der Waals surface area contributed by atoms with Crippen LogP contribution in [0.25, 0.3) is 0 Å². The summed E-state index contributed by atoms with van der Waals surface area (Å²) in [6, 6.07) is 11.0. The summed E-state index contributed by atoms with van der Waals surface area (Å²) in [6.45, 7) is 6.70. The number of rotatable bonds is 6. The molecule has 0 saturated heterocycles. The highest BCUT2D eigenvalue weighted by molar-refractivity contribution is 9.10. The molecule has 0 radical (unpaired) electrons. The molecule has 24 heavy (non-hydrogen) atoms. The normalized spacial score (nSPS) is 10.8. The van der Waals surface area contributed by atoms with Gasteiger partial charge in [0.15, 0.2) is 0 Å². The van der Waals surface area contributed by atoms with Gasteiger partial charge in [-0.15, -0.1) is 0 Å². The topological polar surface area (TPSA) is 35.5 Å². The molecule has 0 aliphatic rings. The molecule has 2 aromatic rings. The van der Waals surface area contributed by atoms with Crippen molar-refractivity contribution in [3.8, 4) is 11.5 Å². The van der Waals surface area contributed by atoms with Crippen LogP contribution in [0.3, 0.4) is 0 Å². The standard InChI is InChI=1S/C19H20Br2O3/c1-4-9-23-17-7-5-14(21)11-16(17)19(22)24-18-8-6-13(20)10-15(18)12(2)3/h5-8,10-12H,4,9H2,1-3H3. The molecule has 0 aliphatic carbocycles. The van der Waals surface area contributed by atoms with Gasteiger partial charge in [0.05, 0.1) is 6.61 Å². The van der Waals surface area contributed by atoms with Crippen LogP contribution in [-0.4, -0.2) is 12.6 Å². The largest absolute Gasteiger partial charge is 0.493 e. The van der Waals surface area contributed by atoms with Crippen LogP contribution in [0.2, 0.25) is 0 Å². The summed E-state index contributed by atoms with van der Waals surface area (Å²) in [5, 5.41) is 0. The molecule has 2 aromatic carbocycles. The van der Waals surface area contributed by atoms with Gasteiger partial charge in [0.1, 0.15) is 17.1 Å². The Morgan fingerprint density at radius 3 is 2.29 bits per heavy atom. The van der Waals surface area contributed by atoms with E-state index < -0.39 is 5.97 Å². The van der Waals surface area contributed by atoms with E-state index in [0.29, 0.717) is 23.7 Å². The van der Waals surface area contributed by atoms with Crippen molar-refractivity contribution in [2.75, 3.05) is 6.61 Å². The van der Waals surface area contributed by atoms with Gasteiger partial charge in [0, 0.05) is 8.95 Å². The van der Waals surface area contributed by atoms with Gasteiger partial charge >= 0.3 is 5.97 Å². The van der Waals surface area contributed by atoms with Crippen LogP contribution in [0.1, 0.15) is 49.0 Å². The van der Waals surface area contributed by atoms with Gasteiger partial charge in [-0.05, 0) is 54.3 Å². The molecule has 0 aromatic heterocycles. The fraction of sp³-hybridized carbons (Fsp3) is 0.316. The zero-order valence-corrected chi connectivity index (χ0v) is 17.1. The van der Waals surface area contributed by atoms with Crippen LogP contribution in [-0.2, 0) is 0 Å². The molecule has 0 unspecified atom stereocenters. The number of esters is 1. The maximum absolute atomic E-state index is 12.7. The summed E-state index contributed by atoms with van der Waals surface area (Å²) in [4.78, 5) is 12.7. The Morgan fingerprint density at radius 1 is 1.04 bits per heavy atom. The molecule has 0 saturated carbocycles. The van der Waals surface area contributed by atoms with Crippen LogP contribution in [0, 0.1) is 0 Å². The first-order valence-corrected chi connectivity index (χ1v) is 9.45. The van der Waals surface area contributed by atoms with Crippen molar-refractivity contribution >= 4 is 37.8 Å². The van der Waals surface area contributed by atoms with Crippen LogP contribution < -0.4 is 9.47 Å². The monoisotopic (exact) mass is 454 g/mol. The van der Waals surface area contributed by atoms with Gasteiger partial charge in [0.2, 0.25) is 0 Å². The van der Waals surface area contributed by atoms with E-state index in [2.05, 4.69) is 45.7 Å².